The van der Waals surface area contributed by atoms with E-state index in [1.165, 1.54) is 4.90 Å². The van der Waals surface area contributed by atoms with Crippen molar-refractivity contribution in [3.63, 3.8) is 0 Å². The minimum Gasteiger partial charge on any atom is -0.355 e. The quantitative estimate of drug-likeness (QED) is 0.342. The van der Waals surface area contributed by atoms with Gasteiger partial charge in [0.2, 0.25) is 21.8 Å². The predicted molar refractivity (Wildman–Crippen MR) is 148 cm³/mol. The standard InChI is InChI=1S/C28H29ClF3N3O4S/c1-3-33-27(37)25(16-20-10-6-4-7-11-20)34(18-21-12-8-5-9-13-21)26(36)19-35(40(2,38)39)24-17-22(28(30,31)32)14-15-23(24)29/h4-15,17,25H,3,16,18-19H2,1-2H3,(H,33,37)/t25-/m0/s1. The van der Waals surface area contributed by atoms with Crippen molar-refractivity contribution in [2.45, 2.75) is 32.1 Å². The van der Waals surface area contributed by atoms with Crippen LogP contribution in [0, 0.1) is 0 Å². The number of hydrogen-bond acceptors (Lipinski definition) is 4. The van der Waals surface area contributed by atoms with E-state index in [4.69, 9.17) is 11.6 Å². The van der Waals surface area contributed by atoms with E-state index in [9.17, 15) is 31.2 Å². The van der Waals surface area contributed by atoms with E-state index in [0.717, 1.165) is 24.0 Å². The van der Waals surface area contributed by atoms with Crippen molar-refractivity contribution in [1.29, 1.82) is 0 Å². The molecule has 40 heavy (non-hydrogen) atoms. The molecule has 2 amide bonds. The number of hydrogen-bond donors (Lipinski definition) is 1. The lowest BCUT2D eigenvalue weighted by molar-refractivity contribution is -0.140. The Bertz CT molecular complexity index is 1420. The number of carbonyl (C=O) groups is 2. The third kappa shape index (κ3) is 8.22. The first-order chi connectivity index (χ1) is 18.8. The molecule has 0 bridgehead atoms. The fourth-order valence-electron chi connectivity index (χ4n) is 4.10. The minimum absolute atomic E-state index is 0.0533. The maximum atomic E-state index is 13.9. The van der Waals surface area contributed by atoms with Crippen molar-refractivity contribution in [3.05, 3.63) is 101 Å². The Hall–Kier alpha value is -3.57. The molecule has 0 aliphatic carbocycles. The minimum atomic E-state index is -4.77. The summed E-state index contributed by atoms with van der Waals surface area (Å²) in [5.41, 5.74) is -0.199. The molecule has 7 nitrogen and oxygen atoms in total. The molecule has 0 fully saturated rings. The zero-order valence-electron chi connectivity index (χ0n) is 21.9. The lowest BCUT2D eigenvalue weighted by atomic mass is 10.0. The number of alkyl halides is 3. The summed E-state index contributed by atoms with van der Waals surface area (Å²) in [6.45, 7) is 1.08. The summed E-state index contributed by atoms with van der Waals surface area (Å²) in [6.07, 6.45) is -3.89. The van der Waals surface area contributed by atoms with Gasteiger partial charge in [0.1, 0.15) is 12.6 Å². The molecular formula is C28H29ClF3N3O4S. The molecule has 0 aromatic heterocycles. The normalized spacial score (nSPS) is 12.4. The molecule has 0 spiro atoms. The van der Waals surface area contributed by atoms with Crippen molar-refractivity contribution in [2.24, 2.45) is 0 Å². The monoisotopic (exact) mass is 595 g/mol. The molecule has 3 aromatic carbocycles. The highest BCUT2D eigenvalue weighted by Gasteiger charge is 2.35. The van der Waals surface area contributed by atoms with E-state index in [-0.39, 0.29) is 24.5 Å². The molecule has 0 unspecified atom stereocenters. The van der Waals surface area contributed by atoms with Crippen LogP contribution in [0.3, 0.4) is 0 Å². The van der Waals surface area contributed by atoms with Gasteiger partial charge in [-0.1, -0.05) is 72.3 Å². The van der Waals surface area contributed by atoms with Crippen molar-refractivity contribution < 1.29 is 31.2 Å². The number of sulfonamides is 1. The maximum Gasteiger partial charge on any atom is 0.416 e. The zero-order valence-corrected chi connectivity index (χ0v) is 23.4. The van der Waals surface area contributed by atoms with E-state index in [2.05, 4.69) is 5.32 Å². The third-order valence-corrected chi connectivity index (χ3v) is 7.49. The Morgan fingerprint density at radius 1 is 0.950 bits per heavy atom. The fraction of sp³-hybridized carbons (Fsp3) is 0.286. The van der Waals surface area contributed by atoms with Gasteiger partial charge < -0.3 is 10.2 Å². The summed E-state index contributed by atoms with van der Waals surface area (Å²) in [5, 5.41) is 2.44. The van der Waals surface area contributed by atoms with Crippen LogP contribution in [0.2, 0.25) is 5.02 Å². The van der Waals surface area contributed by atoms with Crippen LogP contribution in [0.4, 0.5) is 18.9 Å². The molecule has 0 saturated heterocycles. The molecule has 0 aliphatic heterocycles. The fourth-order valence-corrected chi connectivity index (χ4v) is 5.22. The average molecular weight is 596 g/mol. The van der Waals surface area contributed by atoms with Gasteiger partial charge in [0, 0.05) is 19.5 Å². The van der Waals surface area contributed by atoms with E-state index >= 15 is 0 Å². The molecule has 214 valence electrons. The van der Waals surface area contributed by atoms with Crippen LogP contribution in [-0.4, -0.2) is 50.5 Å². The zero-order chi connectivity index (χ0) is 29.5. The number of likely N-dealkylation sites (N-methyl/N-ethyl adjacent to an activating group) is 1. The van der Waals surface area contributed by atoms with Crippen molar-refractivity contribution in [3.8, 4) is 0 Å². The number of halogens is 4. The van der Waals surface area contributed by atoms with E-state index < -0.39 is 51.9 Å². The molecule has 0 saturated carbocycles. The van der Waals surface area contributed by atoms with E-state index in [0.29, 0.717) is 15.9 Å². The van der Waals surface area contributed by atoms with Crippen LogP contribution in [-0.2, 0) is 38.8 Å². The number of benzene rings is 3. The Morgan fingerprint density at radius 2 is 1.52 bits per heavy atom. The second kappa shape index (κ2) is 13.2. The van der Waals surface area contributed by atoms with E-state index in [1.807, 2.05) is 0 Å². The molecule has 1 N–H and O–H groups in total. The van der Waals surface area contributed by atoms with Gasteiger partial charge in [0.05, 0.1) is 22.5 Å². The molecular weight excluding hydrogens is 567 g/mol. The van der Waals surface area contributed by atoms with Crippen molar-refractivity contribution in [1.82, 2.24) is 10.2 Å². The Kier molecular flexibility index (Phi) is 10.2. The number of anilines is 1. The van der Waals surface area contributed by atoms with Crippen molar-refractivity contribution in [2.75, 3.05) is 23.7 Å². The number of nitrogens with zero attached hydrogens (tertiary/aromatic N) is 2. The second-order valence-electron chi connectivity index (χ2n) is 9.04. The van der Waals surface area contributed by atoms with Gasteiger partial charge in [-0.05, 0) is 36.2 Å². The largest absolute Gasteiger partial charge is 0.416 e. The summed E-state index contributed by atoms with van der Waals surface area (Å²) in [5.74, 6) is -1.26. The second-order valence-corrected chi connectivity index (χ2v) is 11.4. The van der Waals surface area contributed by atoms with Gasteiger partial charge >= 0.3 is 6.18 Å². The Labute approximate surface area is 236 Å². The summed E-state index contributed by atoms with van der Waals surface area (Å²) < 4.78 is 66.4. The number of nitrogens with one attached hydrogen (secondary N) is 1. The topological polar surface area (TPSA) is 86.8 Å². The number of rotatable bonds is 11. The van der Waals surface area contributed by atoms with Gasteiger partial charge in [-0.2, -0.15) is 13.2 Å². The van der Waals surface area contributed by atoms with Gasteiger partial charge in [0.25, 0.3) is 0 Å². The summed E-state index contributed by atoms with van der Waals surface area (Å²) in [7, 11) is -4.29. The first-order valence-corrected chi connectivity index (χ1v) is 14.5. The average Bonchev–Trinajstić information content (AvgIpc) is 2.89. The van der Waals surface area contributed by atoms with Gasteiger partial charge in [-0.15, -0.1) is 0 Å². The summed E-state index contributed by atoms with van der Waals surface area (Å²) >= 11 is 6.14. The smallest absolute Gasteiger partial charge is 0.355 e. The summed E-state index contributed by atoms with van der Waals surface area (Å²) in [4.78, 5) is 28.4. The highest BCUT2D eigenvalue weighted by molar-refractivity contribution is 7.92. The first kappa shape index (κ1) is 31.0. The third-order valence-electron chi connectivity index (χ3n) is 6.04. The highest BCUT2D eigenvalue weighted by Crippen LogP contribution is 2.36. The molecule has 3 aromatic rings. The van der Waals surface area contributed by atoms with Gasteiger partial charge in [-0.25, -0.2) is 8.42 Å². The van der Waals surface area contributed by atoms with Gasteiger partial charge in [-0.3, -0.25) is 13.9 Å². The Balaban J connectivity index is 2.08. The number of carbonyl (C=O) groups excluding carboxylic acids is 2. The predicted octanol–water partition coefficient (Wildman–Crippen LogP) is 4.90. The maximum absolute atomic E-state index is 13.9. The molecule has 0 aliphatic rings. The molecule has 0 heterocycles. The van der Waals surface area contributed by atoms with Gasteiger partial charge in [0.15, 0.2) is 0 Å². The number of amides is 2. The van der Waals surface area contributed by atoms with Crippen LogP contribution in [0.1, 0.15) is 23.6 Å². The van der Waals surface area contributed by atoms with E-state index in [1.54, 1.807) is 67.6 Å². The SMILES string of the molecule is CCNC(=O)[C@H](Cc1ccccc1)N(Cc1ccccc1)C(=O)CN(c1cc(C(F)(F)F)ccc1Cl)S(C)(=O)=O. The molecule has 1 atom stereocenters. The summed E-state index contributed by atoms with van der Waals surface area (Å²) in [6, 6.07) is 18.9. The molecule has 12 heteroatoms. The molecule has 0 radical (unpaired) electrons. The lowest BCUT2D eigenvalue weighted by Gasteiger charge is -2.33. The molecule has 3 rings (SSSR count). The Morgan fingerprint density at radius 3 is 2.05 bits per heavy atom. The van der Waals surface area contributed by atoms with Crippen LogP contribution >= 0.6 is 11.6 Å². The van der Waals surface area contributed by atoms with Crippen molar-refractivity contribution >= 4 is 39.1 Å². The van der Waals surface area contributed by atoms with Crippen LogP contribution in [0.25, 0.3) is 0 Å². The lowest BCUT2D eigenvalue weighted by Crippen LogP contribution is -2.53. The van der Waals surface area contributed by atoms with Crippen LogP contribution in [0.5, 0.6) is 0 Å². The first-order valence-electron chi connectivity index (χ1n) is 12.3. The highest BCUT2D eigenvalue weighted by atomic mass is 35.5. The van der Waals surface area contributed by atoms with Crippen LogP contribution < -0.4 is 9.62 Å². The van der Waals surface area contributed by atoms with Crippen LogP contribution in [0.15, 0.2) is 78.9 Å².